The van der Waals surface area contributed by atoms with Crippen LogP contribution in [0.3, 0.4) is 0 Å². The number of nitriles is 1. The molecule has 1 N–H and O–H groups in total. The lowest BCUT2D eigenvalue weighted by Gasteiger charge is -2.17. The number of hydrogen-bond acceptors (Lipinski definition) is 3. The van der Waals surface area contributed by atoms with E-state index in [9.17, 15) is 4.39 Å². The zero-order valence-corrected chi connectivity index (χ0v) is 11.6. The van der Waals surface area contributed by atoms with E-state index in [1.807, 2.05) is 13.8 Å². The maximum Gasteiger partial charge on any atom is 0.124 e. The molecule has 0 aromatic heterocycles. The van der Waals surface area contributed by atoms with E-state index in [4.69, 9.17) is 10.00 Å². The molecule has 0 bridgehead atoms. The summed E-state index contributed by atoms with van der Waals surface area (Å²) in [4.78, 5) is 0. The molecule has 104 valence electrons. The highest BCUT2D eigenvalue weighted by Gasteiger charge is 2.12. The van der Waals surface area contributed by atoms with Crippen molar-refractivity contribution in [3.8, 4) is 11.8 Å². The van der Waals surface area contributed by atoms with Crippen LogP contribution in [0, 0.1) is 17.1 Å². The van der Waals surface area contributed by atoms with E-state index >= 15 is 0 Å². The third kappa shape index (κ3) is 5.27. The highest BCUT2D eigenvalue weighted by atomic mass is 19.1. The zero-order chi connectivity index (χ0) is 14.1. The van der Waals surface area contributed by atoms with E-state index in [1.165, 1.54) is 12.1 Å². The van der Waals surface area contributed by atoms with Crippen LogP contribution in [-0.4, -0.2) is 13.2 Å². The Bertz CT molecular complexity index is 429. The summed E-state index contributed by atoms with van der Waals surface area (Å²) in [5.74, 6) is 0.461. The van der Waals surface area contributed by atoms with Crippen LogP contribution in [0.4, 0.5) is 4.39 Å². The molecule has 0 radical (unpaired) electrons. The van der Waals surface area contributed by atoms with Crippen molar-refractivity contribution in [2.24, 2.45) is 0 Å². The van der Waals surface area contributed by atoms with Crippen molar-refractivity contribution in [3.63, 3.8) is 0 Å². The molecule has 0 saturated heterocycles. The summed E-state index contributed by atoms with van der Waals surface area (Å²) < 4.78 is 19.0. The monoisotopic (exact) mass is 264 g/mol. The maximum absolute atomic E-state index is 13.3. The summed E-state index contributed by atoms with van der Waals surface area (Å²) in [5, 5.41) is 11.7. The van der Waals surface area contributed by atoms with Crippen molar-refractivity contribution in [2.45, 2.75) is 39.2 Å². The summed E-state index contributed by atoms with van der Waals surface area (Å²) in [6.45, 7) is 5.37. The lowest BCUT2D eigenvalue weighted by Crippen LogP contribution is -2.18. The van der Waals surface area contributed by atoms with Gasteiger partial charge in [0.15, 0.2) is 0 Å². The highest BCUT2D eigenvalue weighted by Crippen LogP contribution is 2.26. The van der Waals surface area contributed by atoms with Crippen LogP contribution in [0.2, 0.25) is 0 Å². The first kappa shape index (κ1) is 15.5. The number of benzene rings is 1. The molecule has 0 amide bonds. The van der Waals surface area contributed by atoms with Gasteiger partial charge in [-0.2, -0.15) is 5.26 Å². The van der Waals surface area contributed by atoms with Gasteiger partial charge in [0.2, 0.25) is 0 Å². The molecule has 19 heavy (non-hydrogen) atoms. The van der Waals surface area contributed by atoms with Gasteiger partial charge < -0.3 is 10.1 Å². The van der Waals surface area contributed by atoms with Gasteiger partial charge in [-0.1, -0.05) is 6.92 Å². The van der Waals surface area contributed by atoms with Gasteiger partial charge in [0.25, 0.3) is 0 Å². The SMILES string of the molecule is CCNC(C)c1cc(F)ccc1OCCCCC#N. The van der Waals surface area contributed by atoms with Gasteiger partial charge >= 0.3 is 0 Å². The number of ether oxygens (including phenoxy) is 1. The lowest BCUT2D eigenvalue weighted by atomic mass is 10.1. The number of hydrogen-bond donors (Lipinski definition) is 1. The average Bonchev–Trinajstić information content (AvgIpc) is 2.40. The standard InChI is InChI=1S/C15H21FN2O/c1-3-18-12(2)14-11-13(16)7-8-15(14)19-10-6-4-5-9-17/h7-8,11-12,18H,3-6,10H2,1-2H3. The highest BCUT2D eigenvalue weighted by molar-refractivity contribution is 5.36. The van der Waals surface area contributed by atoms with Crippen molar-refractivity contribution in [2.75, 3.05) is 13.2 Å². The minimum atomic E-state index is -0.253. The topological polar surface area (TPSA) is 45.0 Å². The van der Waals surface area contributed by atoms with Crippen molar-refractivity contribution >= 4 is 0 Å². The fraction of sp³-hybridized carbons (Fsp3) is 0.533. The fourth-order valence-corrected chi connectivity index (χ4v) is 1.89. The molecule has 0 spiro atoms. The second-order valence-electron chi connectivity index (χ2n) is 4.43. The van der Waals surface area contributed by atoms with E-state index in [2.05, 4.69) is 11.4 Å². The van der Waals surface area contributed by atoms with Gasteiger partial charge in [-0.05, 0) is 44.5 Å². The number of unbranched alkanes of at least 4 members (excludes halogenated alkanes) is 2. The minimum absolute atomic E-state index is 0.0507. The summed E-state index contributed by atoms with van der Waals surface area (Å²) in [6.07, 6.45) is 2.21. The molecule has 3 nitrogen and oxygen atoms in total. The van der Waals surface area contributed by atoms with Gasteiger partial charge in [0, 0.05) is 18.0 Å². The molecule has 1 aromatic carbocycles. The Morgan fingerprint density at radius 2 is 2.21 bits per heavy atom. The van der Waals surface area contributed by atoms with Gasteiger partial charge in [0.05, 0.1) is 12.7 Å². The fourth-order valence-electron chi connectivity index (χ4n) is 1.89. The number of rotatable bonds is 8. The molecule has 0 aliphatic rings. The predicted molar refractivity (Wildman–Crippen MR) is 73.5 cm³/mol. The van der Waals surface area contributed by atoms with Crippen LogP contribution >= 0.6 is 0 Å². The van der Waals surface area contributed by atoms with E-state index in [1.54, 1.807) is 6.07 Å². The second-order valence-corrected chi connectivity index (χ2v) is 4.43. The van der Waals surface area contributed by atoms with Gasteiger partial charge in [0.1, 0.15) is 11.6 Å². The van der Waals surface area contributed by atoms with Crippen molar-refractivity contribution in [1.82, 2.24) is 5.32 Å². The Morgan fingerprint density at radius 1 is 1.42 bits per heavy atom. The third-order valence-electron chi connectivity index (χ3n) is 2.89. The quantitative estimate of drug-likeness (QED) is 0.730. The third-order valence-corrected chi connectivity index (χ3v) is 2.89. The summed E-state index contributed by atoms with van der Waals surface area (Å²) in [6, 6.07) is 6.75. The molecular formula is C15H21FN2O. The normalized spacial score (nSPS) is 11.9. The molecule has 1 unspecified atom stereocenters. The molecule has 1 aromatic rings. The molecular weight excluding hydrogens is 243 g/mol. The zero-order valence-electron chi connectivity index (χ0n) is 11.6. The Morgan fingerprint density at radius 3 is 2.89 bits per heavy atom. The molecule has 0 aliphatic carbocycles. The van der Waals surface area contributed by atoms with Crippen molar-refractivity contribution in [1.29, 1.82) is 5.26 Å². The van der Waals surface area contributed by atoms with Gasteiger partial charge in [-0.15, -0.1) is 0 Å². The number of nitrogens with zero attached hydrogens (tertiary/aromatic N) is 1. The molecule has 1 atom stereocenters. The van der Waals surface area contributed by atoms with E-state index in [0.717, 1.165) is 24.9 Å². The number of halogens is 1. The Labute approximate surface area is 114 Å². The second kappa shape index (κ2) is 8.49. The Hall–Kier alpha value is -1.60. The molecule has 0 saturated carbocycles. The molecule has 0 aliphatic heterocycles. The Balaban J connectivity index is 2.63. The van der Waals surface area contributed by atoms with Crippen molar-refractivity contribution in [3.05, 3.63) is 29.6 Å². The maximum atomic E-state index is 13.3. The molecule has 0 fully saturated rings. The Kier molecular flexibility index (Phi) is 6.91. The smallest absolute Gasteiger partial charge is 0.124 e. The molecule has 4 heteroatoms. The summed E-state index contributed by atoms with van der Waals surface area (Å²) >= 11 is 0. The van der Waals surface area contributed by atoms with Crippen LogP contribution in [0.1, 0.15) is 44.7 Å². The molecule has 1 rings (SSSR count). The van der Waals surface area contributed by atoms with Gasteiger partial charge in [-0.25, -0.2) is 4.39 Å². The lowest BCUT2D eigenvalue weighted by molar-refractivity contribution is 0.301. The van der Waals surface area contributed by atoms with E-state index in [0.29, 0.717) is 18.8 Å². The van der Waals surface area contributed by atoms with Gasteiger partial charge in [-0.3, -0.25) is 0 Å². The predicted octanol–water partition coefficient (Wildman–Crippen LogP) is 3.57. The first-order valence-corrected chi connectivity index (χ1v) is 6.71. The summed E-state index contributed by atoms with van der Waals surface area (Å²) in [7, 11) is 0. The van der Waals surface area contributed by atoms with Crippen LogP contribution in [0.5, 0.6) is 5.75 Å². The largest absolute Gasteiger partial charge is 0.493 e. The average molecular weight is 264 g/mol. The van der Waals surface area contributed by atoms with Crippen LogP contribution in [0.25, 0.3) is 0 Å². The van der Waals surface area contributed by atoms with E-state index in [-0.39, 0.29) is 11.9 Å². The van der Waals surface area contributed by atoms with Crippen LogP contribution in [-0.2, 0) is 0 Å². The minimum Gasteiger partial charge on any atom is -0.493 e. The molecule has 0 heterocycles. The van der Waals surface area contributed by atoms with Crippen LogP contribution < -0.4 is 10.1 Å². The van der Waals surface area contributed by atoms with Crippen LogP contribution in [0.15, 0.2) is 18.2 Å². The summed E-state index contributed by atoms with van der Waals surface area (Å²) in [5.41, 5.74) is 0.835. The van der Waals surface area contributed by atoms with E-state index < -0.39 is 0 Å². The first-order valence-electron chi connectivity index (χ1n) is 6.71. The number of nitrogens with one attached hydrogen (secondary N) is 1. The van der Waals surface area contributed by atoms with Crippen molar-refractivity contribution < 1.29 is 9.13 Å². The first-order chi connectivity index (χ1) is 9.19.